The third-order valence-electron chi connectivity index (χ3n) is 4.00. The number of likely N-dealkylation sites (N-methyl/N-ethyl adjacent to an activating group) is 1. The SMILES string of the molecule is CN1C(=O)C(=O)N(C[NH+](C)Cc2ccc(C(C)(C)C)cc2)C1=O. The van der Waals surface area contributed by atoms with Crippen LogP contribution in [0.25, 0.3) is 0 Å². The van der Waals surface area contributed by atoms with Gasteiger partial charge in [-0.25, -0.2) is 9.69 Å². The maximum Gasteiger partial charge on any atom is 0.338 e. The van der Waals surface area contributed by atoms with Crippen molar-refractivity contribution in [1.29, 1.82) is 0 Å². The molecule has 4 amide bonds. The highest BCUT2D eigenvalue weighted by Gasteiger charge is 2.43. The van der Waals surface area contributed by atoms with E-state index in [0.717, 1.165) is 20.3 Å². The Balaban J connectivity index is 2.00. The Hall–Kier alpha value is -2.21. The first kappa shape index (κ1) is 17.1. The summed E-state index contributed by atoms with van der Waals surface area (Å²) in [7, 11) is 3.21. The van der Waals surface area contributed by atoms with Crippen LogP contribution in [-0.4, -0.2) is 48.4 Å². The number of nitrogens with one attached hydrogen (secondary N) is 1. The van der Waals surface area contributed by atoms with Crippen LogP contribution in [0, 0.1) is 0 Å². The van der Waals surface area contributed by atoms with Crippen LogP contribution in [0.15, 0.2) is 24.3 Å². The van der Waals surface area contributed by atoms with Gasteiger partial charge in [-0.15, -0.1) is 0 Å². The highest BCUT2D eigenvalue weighted by Crippen LogP contribution is 2.21. The topological polar surface area (TPSA) is 62.1 Å². The molecule has 1 aromatic carbocycles. The summed E-state index contributed by atoms with van der Waals surface area (Å²) >= 11 is 0. The zero-order valence-electron chi connectivity index (χ0n) is 14.3. The zero-order valence-corrected chi connectivity index (χ0v) is 14.3. The van der Waals surface area contributed by atoms with E-state index in [2.05, 4.69) is 45.0 Å². The fraction of sp³-hybridized carbons (Fsp3) is 0.471. The zero-order chi connectivity index (χ0) is 17.4. The van der Waals surface area contributed by atoms with Crippen molar-refractivity contribution in [3.63, 3.8) is 0 Å². The summed E-state index contributed by atoms with van der Waals surface area (Å²) in [5.74, 6) is -1.52. The van der Waals surface area contributed by atoms with Gasteiger partial charge in [0.25, 0.3) is 0 Å². The normalized spacial score (nSPS) is 17.2. The van der Waals surface area contributed by atoms with Crippen LogP contribution in [0.4, 0.5) is 4.79 Å². The Morgan fingerprint density at radius 2 is 1.57 bits per heavy atom. The fourth-order valence-electron chi connectivity index (χ4n) is 2.55. The van der Waals surface area contributed by atoms with E-state index in [9.17, 15) is 14.4 Å². The first-order valence-electron chi connectivity index (χ1n) is 7.65. The quantitative estimate of drug-likeness (QED) is 0.645. The van der Waals surface area contributed by atoms with E-state index in [4.69, 9.17) is 0 Å². The van der Waals surface area contributed by atoms with Gasteiger partial charge in [0, 0.05) is 12.6 Å². The lowest BCUT2D eigenvalue weighted by Gasteiger charge is -2.21. The average Bonchev–Trinajstić information content (AvgIpc) is 2.65. The highest BCUT2D eigenvalue weighted by atomic mass is 16.2. The van der Waals surface area contributed by atoms with Gasteiger partial charge < -0.3 is 4.90 Å². The lowest BCUT2D eigenvalue weighted by atomic mass is 9.87. The second kappa shape index (κ2) is 6.12. The molecule has 1 fully saturated rings. The molecule has 1 heterocycles. The molecule has 0 spiro atoms. The minimum atomic E-state index is -0.766. The minimum absolute atomic E-state index is 0.108. The second-order valence-electron chi connectivity index (χ2n) is 7.12. The molecule has 1 unspecified atom stereocenters. The summed E-state index contributed by atoms with van der Waals surface area (Å²) < 4.78 is 0. The predicted octanol–water partition coefficient (Wildman–Crippen LogP) is 0.377. The molecule has 0 radical (unpaired) electrons. The minimum Gasteiger partial charge on any atom is -0.316 e. The predicted molar refractivity (Wildman–Crippen MR) is 85.6 cm³/mol. The number of hydrogen-bond acceptors (Lipinski definition) is 3. The second-order valence-corrected chi connectivity index (χ2v) is 7.12. The molecular formula is C17H24N3O3+. The number of carbonyl (C=O) groups is 3. The van der Waals surface area contributed by atoms with Crippen LogP contribution in [0.1, 0.15) is 31.9 Å². The largest absolute Gasteiger partial charge is 0.338 e. The molecule has 1 aliphatic rings. The highest BCUT2D eigenvalue weighted by molar-refractivity contribution is 6.44. The number of benzene rings is 1. The Morgan fingerprint density at radius 1 is 1.00 bits per heavy atom. The molecule has 1 saturated heterocycles. The third-order valence-corrected chi connectivity index (χ3v) is 4.00. The van der Waals surface area contributed by atoms with Crippen molar-refractivity contribution >= 4 is 17.8 Å². The van der Waals surface area contributed by atoms with Crippen LogP contribution >= 0.6 is 0 Å². The van der Waals surface area contributed by atoms with Crippen molar-refractivity contribution in [1.82, 2.24) is 9.80 Å². The van der Waals surface area contributed by atoms with Gasteiger partial charge >= 0.3 is 17.8 Å². The molecular weight excluding hydrogens is 294 g/mol. The van der Waals surface area contributed by atoms with E-state index in [1.807, 2.05) is 7.05 Å². The maximum absolute atomic E-state index is 11.9. The van der Waals surface area contributed by atoms with E-state index in [1.54, 1.807) is 0 Å². The summed E-state index contributed by atoms with van der Waals surface area (Å²) in [6.07, 6.45) is 0. The monoisotopic (exact) mass is 318 g/mol. The third kappa shape index (κ3) is 3.59. The molecule has 0 aromatic heterocycles. The molecule has 23 heavy (non-hydrogen) atoms. The van der Waals surface area contributed by atoms with Gasteiger partial charge in [0.15, 0.2) is 6.67 Å². The van der Waals surface area contributed by atoms with Crippen LogP contribution in [0.5, 0.6) is 0 Å². The number of rotatable bonds is 4. The van der Waals surface area contributed by atoms with Gasteiger partial charge in [0.1, 0.15) is 6.54 Å². The smallest absolute Gasteiger partial charge is 0.316 e. The molecule has 2 rings (SSSR count). The molecule has 124 valence electrons. The van der Waals surface area contributed by atoms with Gasteiger partial charge in [-0.3, -0.25) is 14.5 Å². The van der Waals surface area contributed by atoms with Crippen molar-refractivity contribution in [3.8, 4) is 0 Å². The van der Waals surface area contributed by atoms with Crippen LogP contribution in [-0.2, 0) is 21.5 Å². The van der Waals surface area contributed by atoms with E-state index in [-0.39, 0.29) is 12.1 Å². The molecule has 1 N–H and O–H groups in total. The van der Waals surface area contributed by atoms with Crippen molar-refractivity contribution in [2.24, 2.45) is 0 Å². The lowest BCUT2D eigenvalue weighted by Crippen LogP contribution is -3.09. The molecule has 1 atom stereocenters. The van der Waals surface area contributed by atoms with Crippen molar-refractivity contribution < 1.29 is 19.3 Å². The van der Waals surface area contributed by atoms with E-state index >= 15 is 0 Å². The Kier molecular flexibility index (Phi) is 4.56. The lowest BCUT2D eigenvalue weighted by molar-refractivity contribution is -0.901. The van der Waals surface area contributed by atoms with Crippen molar-refractivity contribution in [2.45, 2.75) is 32.7 Å². The Bertz CT molecular complexity index is 631. The molecule has 0 bridgehead atoms. The van der Waals surface area contributed by atoms with Gasteiger partial charge in [-0.1, -0.05) is 45.0 Å². The average molecular weight is 318 g/mol. The van der Waals surface area contributed by atoms with Gasteiger partial charge in [0.05, 0.1) is 7.05 Å². The Morgan fingerprint density at radius 3 is 2.00 bits per heavy atom. The number of carbonyl (C=O) groups excluding carboxylic acids is 3. The molecule has 0 saturated carbocycles. The summed E-state index contributed by atoms with van der Waals surface area (Å²) in [6, 6.07) is 7.78. The van der Waals surface area contributed by atoms with Gasteiger partial charge in [0.2, 0.25) is 0 Å². The van der Waals surface area contributed by atoms with Gasteiger partial charge in [-0.2, -0.15) is 0 Å². The molecule has 6 nitrogen and oxygen atoms in total. The molecule has 1 aromatic rings. The van der Waals surface area contributed by atoms with E-state index in [0.29, 0.717) is 6.54 Å². The van der Waals surface area contributed by atoms with E-state index in [1.165, 1.54) is 12.6 Å². The number of hydrogen-bond donors (Lipinski definition) is 1. The molecule has 1 aliphatic heterocycles. The Labute approximate surface area is 136 Å². The van der Waals surface area contributed by atoms with Crippen molar-refractivity contribution in [2.75, 3.05) is 20.8 Å². The first-order valence-corrected chi connectivity index (χ1v) is 7.65. The van der Waals surface area contributed by atoms with Gasteiger partial charge in [-0.05, 0) is 11.0 Å². The number of nitrogens with zero attached hydrogens (tertiary/aromatic N) is 2. The van der Waals surface area contributed by atoms with Crippen LogP contribution in [0.2, 0.25) is 0 Å². The summed E-state index contributed by atoms with van der Waals surface area (Å²) in [5, 5.41) is 0. The summed E-state index contributed by atoms with van der Waals surface area (Å²) in [4.78, 5) is 38.0. The van der Waals surface area contributed by atoms with Crippen LogP contribution < -0.4 is 4.90 Å². The number of amides is 4. The summed E-state index contributed by atoms with van der Waals surface area (Å²) in [5.41, 5.74) is 2.49. The first-order chi connectivity index (χ1) is 10.6. The maximum atomic E-state index is 11.9. The number of urea groups is 1. The van der Waals surface area contributed by atoms with E-state index < -0.39 is 17.8 Å². The number of quaternary nitrogens is 1. The molecule has 0 aliphatic carbocycles. The summed E-state index contributed by atoms with van der Waals surface area (Å²) in [6.45, 7) is 7.33. The standard InChI is InChI=1S/C17H23N3O3/c1-17(2,3)13-8-6-12(7-9-13)10-18(4)11-20-15(22)14(21)19(5)16(20)23/h6-9H,10-11H2,1-5H3/p+1. The molecule has 6 heteroatoms. The number of imide groups is 2. The fourth-order valence-corrected chi connectivity index (χ4v) is 2.55. The van der Waals surface area contributed by atoms with Crippen molar-refractivity contribution in [3.05, 3.63) is 35.4 Å². The van der Waals surface area contributed by atoms with Crippen LogP contribution in [0.3, 0.4) is 0 Å².